The first-order valence-electron chi connectivity index (χ1n) is 16.0. The molecule has 1 fully saturated rings. The molecule has 4 aromatic rings. The minimum absolute atomic E-state index is 0.0927. The maximum absolute atomic E-state index is 14.7. The van der Waals surface area contributed by atoms with E-state index in [1.807, 2.05) is 111 Å². The third-order valence-corrected chi connectivity index (χ3v) is 7.93. The molecule has 47 heavy (non-hydrogen) atoms. The number of piperazine rings is 1. The standard InChI is InChI=1S/C38H43N3O6/c1-6-45-34(42)26-46-32-19-17-28(18-20-32)24-31-25-39(37(44)47-38(3,4)5)21-22-40(31)36(43)33-23-27(2)41(30-15-11-8-12-16-30)35(33)29-13-9-7-10-14-29/h7-20,23,31H,6,21-22,24-26H2,1-5H3/t31-/m1/s1. The van der Waals surface area contributed by atoms with Crippen LogP contribution in [0, 0.1) is 6.92 Å². The second-order valence-electron chi connectivity index (χ2n) is 12.6. The Morgan fingerprint density at radius 1 is 0.872 bits per heavy atom. The van der Waals surface area contributed by atoms with E-state index in [0.717, 1.165) is 28.2 Å². The quantitative estimate of drug-likeness (QED) is 0.190. The van der Waals surface area contributed by atoms with Crippen LogP contribution in [0.4, 0.5) is 4.79 Å². The first-order valence-corrected chi connectivity index (χ1v) is 16.0. The highest BCUT2D eigenvalue weighted by molar-refractivity contribution is 6.01. The van der Waals surface area contributed by atoms with Crippen LogP contribution in [0.3, 0.4) is 0 Å². The molecule has 1 aromatic heterocycles. The van der Waals surface area contributed by atoms with Crippen molar-refractivity contribution in [2.24, 2.45) is 0 Å². The molecule has 246 valence electrons. The molecule has 1 saturated heterocycles. The van der Waals surface area contributed by atoms with Gasteiger partial charge in [-0.05, 0) is 82.5 Å². The van der Waals surface area contributed by atoms with Crippen LogP contribution < -0.4 is 4.74 Å². The van der Waals surface area contributed by atoms with Crippen molar-refractivity contribution in [2.45, 2.75) is 52.7 Å². The van der Waals surface area contributed by atoms with Gasteiger partial charge in [0.2, 0.25) is 0 Å². The number of esters is 1. The van der Waals surface area contributed by atoms with E-state index >= 15 is 0 Å². The summed E-state index contributed by atoms with van der Waals surface area (Å²) >= 11 is 0. The van der Waals surface area contributed by atoms with Crippen molar-refractivity contribution >= 4 is 18.0 Å². The number of carbonyl (C=O) groups is 3. The first kappa shape index (κ1) is 33.3. The lowest BCUT2D eigenvalue weighted by atomic mass is 10.00. The molecule has 0 bridgehead atoms. The summed E-state index contributed by atoms with van der Waals surface area (Å²) in [7, 11) is 0. The topological polar surface area (TPSA) is 90.3 Å². The normalized spacial score (nSPS) is 14.9. The predicted molar refractivity (Wildman–Crippen MR) is 181 cm³/mol. The van der Waals surface area contributed by atoms with E-state index in [4.69, 9.17) is 14.2 Å². The maximum Gasteiger partial charge on any atom is 0.410 e. The summed E-state index contributed by atoms with van der Waals surface area (Å²) in [5, 5.41) is 0. The lowest BCUT2D eigenvalue weighted by molar-refractivity contribution is -0.145. The Labute approximate surface area is 276 Å². The highest BCUT2D eigenvalue weighted by Gasteiger charge is 2.36. The number of benzene rings is 3. The number of aryl methyl sites for hydroxylation is 1. The van der Waals surface area contributed by atoms with Crippen molar-refractivity contribution < 1.29 is 28.6 Å². The molecule has 1 aliphatic rings. The van der Waals surface area contributed by atoms with Crippen molar-refractivity contribution in [3.63, 3.8) is 0 Å². The third-order valence-electron chi connectivity index (χ3n) is 7.93. The van der Waals surface area contributed by atoms with Gasteiger partial charge in [0, 0.05) is 31.0 Å². The maximum atomic E-state index is 14.7. The van der Waals surface area contributed by atoms with Gasteiger partial charge in [-0.1, -0.05) is 60.7 Å². The number of rotatable bonds is 9. The number of nitrogens with zero attached hydrogens (tertiary/aromatic N) is 3. The molecule has 1 aliphatic heterocycles. The van der Waals surface area contributed by atoms with Crippen molar-refractivity contribution in [2.75, 3.05) is 32.8 Å². The molecule has 0 radical (unpaired) electrons. The molecule has 1 atom stereocenters. The molecular weight excluding hydrogens is 594 g/mol. The van der Waals surface area contributed by atoms with Gasteiger partial charge in [-0.25, -0.2) is 9.59 Å². The number of hydrogen-bond donors (Lipinski definition) is 0. The minimum atomic E-state index is -0.638. The first-order chi connectivity index (χ1) is 22.5. The third kappa shape index (κ3) is 8.22. The van der Waals surface area contributed by atoms with E-state index in [2.05, 4.69) is 4.57 Å². The summed E-state index contributed by atoms with van der Waals surface area (Å²) in [5.41, 5.74) is 4.62. The van der Waals surface area contributed by atoms with Crippen LogP contribution in [0.2, 0.25) is 0 Å². The molecule has 0 aliphatic carbocycles. The van der Waals surface area contributed by atoms with Crippen molar-refractivity contribution in [1.29, 1.82) is 0 Å². The number of hydrogen-bond acceptors (Lipinski definition) is 6. The monoisotopic (exact) mass is 637 g/mol. The Morgan fingerprint density at radius 3 is 2.17 bits per heavy atom. The van der Waals surface area contributed by atoms with E-state index in [1.165, 1.54) is 0 Å². The van der Waals surface area contributed by atoms with Crippen molar-refractivity contribution in [1.82, 2.24) is 14.4 Å². The van der Waals surface area contributed by atoms with Gasteiger partial charge in [-0.2, -0.15) is 0 Å². The number of carbonyl (C=O) groups excluding carboxylic acids is 3. The van der Waals surface area contributed by atoms with Crippen LogP contribution in [0.25, 0.3) is 16.9 Å². The van der Waals surface area contributed by atoms with E-state index in [9.17, 15) is 14.4 Å². The number of ether oxygens (including phenoxy) is 3. The minimum Gasteiger partial charge on any atom is -0.482 e. The Morgan fingerprint density at radius 2 is 1.53 bits per heavy atom. The number of aromatic nitrogens is 1. The fourth-order valence-electron chi connectivity index (χ4n) is 5.88. The molecule has 2 heterocycles. The molecule has 9 nitrogen and oxygen atoms in total. The van der Waals surface area contributed by atoms with Crippen LogP contribution >= 0.6 is 0 Å². The van der Waals surface area contributed by atoms with Gasteiger partial charge in [-0.3, -0.25) is 4.79 Å². The second-order valence-corrected chi connectivity index (χ2v) is 12.6. The average molecular weight is 638 g/mol. The lowest BCUT2D eigenvalue weighted by Gasteiger charge is -2.42. The Hall–Kier alpha value is -5.05. The van der Waals surface area contributed by atoms with Gasteiger partial charge < -0.3 is 28.6 Å². The van der Waals surface area contributed by atoms with Gasteiger partial charge in [0.05, 0.1) is 23.9 Å². The van der Waals surface area contributed by atoms with Crippen LogP contribution in [0.1, 0.15) is 49.3 Å². The van der Waals surface area contributed by atoms with Gasteiger partial charge in [0.15, 0.2) is 6.61 Å². The molecule has 0 N–H and O–H groups in total. The predicted octanol–water partition coefficient (Wildman–Crippen LogP) is 6.70. The van der Waals surface area contributed by atoms with Crippen LogP contribution in [0.15, 0.2) is 91.0 Å². The molecule has 0 spiro atoms. The van der Waals surface area contributed by atoms with E-state index < -0.39 is 17.7 Å². The lowest BCUT2D eigenvalue weighted by Crippen LogP contribution is -2.57. The van der Waals surface area contributed by atoms with Crippen LogP contribution in [-0.2, 0) is 20.7 Å². The largest absolute Gasteiger partial charge is 0.482 e. The summed E-state index contributed by atoms with van der Waals surface area (Å²) in [6.45, 7) is 10.5. The summed E-state index contributed by atoms with van der Waals surface area (Å²) < 4.78 is 18.3. The molecule has 0 saturated carbocycles. The van der Waals surface area contributed by atoms with E-state index in [0.29, 0.717) is 44.0 Å². The Kier molecular flexibility index (Phi) is 10.3. The van der Waals surface area contributed by atoms with Gasteiger partial charge in [0.1, 0.15) is 11.4 Å². The molecule has 0 unspecified atom stereocenters. The van der Waals surface area contributed by atoms with Crippen LogP contribution in [0.5, 0.6) is 5.75 Å². The number of para-hydroxylation sites is 1. The Bertz CT molecular complexity index is 1680. The molecule has 9 heteroatoms. The smallest absolute Gasteiger partial charge is 0.410 e. The fraction of sp³-hybridized carbons (Fsp3) is 0.342. The fourth-order valence-corrected chi connectivity index (χ4v) is 5.88. The molecule has 2 amide bonds. The zero-order valence-electron chi connectivity index (χ0n) is 27.8. The average Bonchev–Trinajstić information content (AvgIpc) is 3.41. The summed E-state index contributed by atoms with van der Waals surface area (Å²) in [5.74, 6) is 0.0187. The summed E-state index contributed by atoms with van der Waals surface area (Å²) in [6.07, 6.45) is 0.107. The van der Waals surface area contributed by atoms with Gasteiger partial charge in [-0.15, -0.1) is 0 Å². The van der Waals surface area contributed by atoms with Crippen molar-refractivity contribution in [3.05, 3.63) is 108 Å². The van der Waals surface area contributed by atoms with Crippen LogP contribution in [-0.4, -0.2) is 76.8 Å². The zero-order valence-corrected chi connectivity index (χ0v) is 27.8. The van der Waals surface area contributed by atoms with E-state index in [1.54, 1.807) is 24.0 Å². The number of amides is 2. The molecular formula is C38H43N3O6. The molecule has 5 rings (SSSR count). The summed E-state index contributed by atoms with van der Waals surface area (Å²) in [6, 6.07) is 29.1. The van der Waals surface area contributed by atoms with Gasteiger partial charge in [0.25, 0.3) is 5.91 Å². The highest BCUT2D eigenvalue weighted by Crippen LogP contribution is 2.33. The highest BCUT2D eigenvalue weighted by atomic mass is 16.6. The van der Waals surface area contributed by atoms with Gasteiger partial charge >= 0.3 is 12.1 Å². The van der Waals surface area contributed by atoms with Crippen molar-refractivity contribution in [3.8, 4) is 22.7 Å². The van der Waals surface area contributed by atoms with E-state index in [-0.39, 0.29) is 18.6 Å². The molecule has 3 aromatic carbocycles. The zero-order chi connectivity index (χ0) is 33.6. The Balaban J connectivity index is 1.46. The SMILES string of the molecule is CCOC(=O)COc1ccc(C[C@@H]2CN(C(=O)OC(C)(C)C)CCN2C(=O)c2cc(C)n(-c3ccccc3)c2-c2ccccc2)cc1. The second kappa shape index (κ2) is 14.6. The summed E-state index contributed by atoms with van der Waals surface area (Å²) in [4.78, 5) is 43.1.